The maximum absolute atomic E-state index is 13.7. The zero-order valence-corrected chi connectivity index (χ0v) is 12.7. The normalized spacial score (nSPS) is 14.2. The van der Waals surface area contributed by atoms with Gasteiger partial charge in [0.15, 0.2) is 0 Å². The van der Waals surface area contributed by atoms with Crippen LogP contribution in [0.15, 0.2) is 30.3 Å². The molecule has 1 nitrogen and oxygen atoms in total. The fraction of sp³-hybridized carbons (Fsp3) is 0.375. The highest BCUT2D eigenvalue weighted by Gasteiger charge is 2.17. The van der Waals surface area contributed by atoms with Gasteiger partial charge >= 0.3 is 0 Å². The third kappa shape index (κ3) is 3.64. The lowest BCUT2D eigenvalue weighted by Gasteiger charge is -2.20. The van der Waals surface area contributed by atoms with E-state index in [1.165, 1.54) is 28.0 Å². The number of halogens is 2. The molecule has 2 atom stereocenters. The number of hydrogen-bond donors (Lipinski definition) is 1. The highest BCUT2D eigenvalue weighted by molar-refractivity contribution is 7.11. The van der Waals surface area contributed by atoms with Crippen molar-refractivity contribution >= 4 is 11.3 Å². The average molecular weight is 295 g/mol. The third-order valence-corrected chi connectivity index (χ3v) is 4.29. The molecule has 20 heavy (non-hydrogen) atoms. The topological polar surface area (TPSA) is 12.0 Å². The van der Waals surface area contributed by atoms with Gasteiger partial charge in [0.1, 0.15) is 11.6 Å². The smallest absolute Gasteiger partial charge is 0.130 e. The highest BCUT2D eigenvalue weighted by atomic mass is 32.1. The Bertz CT molecular complexity index is 559. The summed E-state index contributed by atoms with van der Waals surface area (Å²) in [7, 11) is 0. The number of aryl methyl sites for hydroxylation is 1. The molecule has 2 unspecified atom stereocenters. The molecule has 0 aliphatic rings. The van der Waals surface area contributed by atoms with Gasteiger partial charge in [0.2, 0.25) is 0 Å². The molecule has 0 aliphatic heterocycles. The van der Waals surface area contributed by atoms with E-state index in [1.54, 1.807) is 18.3 Å². The second-order valence-electron chi connectivity index (χ2n) is 5.14. The summed E-state index contributed by atoms with van der Waals surface area (Å²) in [4.78, 5) is 2.56. The lowest BCUT2D eigenvalue weighted by molar-refractivity contribution is 0.441. The zero-order valence-electron chi connectivity index (χ0n) is 11.9. The summed E-state index contributed by atoms with van der Waals surface area (Å²) in [6.45, 7) is 5.89. The summed E-state index contributed by atoms with van der Waals surface area (Å²) in [5.74, 6) is -0.992. The molecule has 0 saturated carbocycles. The predicted molar refractivity (Wildman–Crippen MR) is 80.1 cm³/mol. The van der Waals surface area contributed by atoms with E-state index in [0.29, 0.717) is 0 Å². The van der Waals surface area contributed by atoms with Gasteiger partial charge in [-0.15, -0.1) is 11.3 Å². The van der Waals surface area contributed by atoms with Gasteiger partial charge in [-0.3, -0.25) is 0 Å². The molecule has 1 aromatic carbocycles. The molecule has 0 radical (unpaired) electrons. The van der Waals surface area contributed by atoms with Crippen molar-refractivity contribution < 1.29 is 8.78 Å². The first-order valence-electron chi connectivity index (χ1n) is 6.72. The Kier molecular flexibility index (Phi) is 4.89. The minimum absolute atomic E-state index is 0.113. The molecule has 0 spiro atoms. The fourth-order valence-electron chi connectivity index (χ4n) is 2.39. The van der Waals surface area contributed by atoms with Crippen LogP contribution in [0, 0.1) is 18.6 Å². The van der Waals surface area contributed by atoms with Crippen molar-refractivity contribution in [3.05, 3.63) is 57.3 Å². The Morgan fingerprint density at radius 2 is 1.75 bits per heavy atom. The summed E-state index contributed by atoms with van der Waals surface area (Å²) >= 11 is 1.76. The monoisotopic (exact) mass is 295 g/mol. The van der Waals surface area contributed by atoms with Crippen molar-refractivity contribution in [1.82, 2.24) is 5.32 Å². The van der Waals surface area contributed by atoms with Crippen molar-refractivity contribution in [3.63, 3.8) is 0 Å². The molecule has 0 saturated heterocycles. The summed E-state index contributed by atoms with van der Waals surface area (Å²) in [6.07, 6.45) is 0.860. The molecule has 2 aromatic rings. The summed E-state index contributed by atoms with van der Waals surface area (Å²) in [5, 5.41) is 3.26. The molecule has 0 aliphatic carbocycles. The van der Waals surface area contributed by atoms with Gasteiger partial charge in [-0.1, -0.05) is 6.07 Å². The third-order valence-electron chi connectivity index (χ3n) is 3.27. The minimum atomic E-state index is -0.496. The Hall–Kier alpha value is -1.26. The fourth-order valence-corrected chi connectivity index (χ4v) is 3.41. The number of thiophene rings is 1. The summed E-state index contributed by atoms with van der Waals surface area (Å²) in [6, 6.07) is 7.97. The predicted octanol–water partition coefficient (Wildman–Crippen LogP) is 4.62. The first-order chi connectivity index (χ1) is 9.47. The number of hydrogen-bond acceptors (Lipinski definition) is 2. The van der Waals surface area contributed by atoms with Crippen molar-refractivity contribution in [2.75, 3.05) is 0 Å². The van der Waals surface area contributed by atoms with Crippen LogP contribution in [0.4, 0.5) is 8.78 Å². The number of benzene rings is 1. The molecule has 108 valence electrons. The van der Waals surface area contributed by atoms with E-state index in [9.17, 15) is 8.78 Å². The lowest BCUT2D eigenvalue weighted by atomic mass is 10.1. The van der Waals surface area contributed by atoms with Gasteiger partial charge in [-0.05, 0) is 51.5 Å². The minimum Gasteiger partial charge on any atom is -0.307 e. The first kappa shape index (κ1) is 15.1. The van der Waals surface area contributed by atoms with E-state index >= 15 is 0 Å². The molecule has 0 fully saturated rings. The quantitative estimate of drug-likeness (QED) is 0.849. The van der Waals surface area contributed by atoms with Gasteiger partial charge in [0.05, 0.1) is 0 Å². The van der Waals surface area contributed by atoms with Crippen LogP contribution in [0.1, 0.15) is 35.2 Å². The van der Waals surface area contributed by atoms with Crippen LogP contribution in [0.25, 0.3) is 0 Å². The maximum Gasteiger partial charge on any atom is 0.130 e. The highest BCUT2D eigenvalue weighted by Crippen LogP contribution is 2.22. The molecular formula is C16H19F2NS. The second-order valence-corrected chi connectivity index (χ2v) is 6.51. The van der Waals surface area contributed by atoms with Crippen LogP contribution in [0.5, 0.6) is 0 Å². The van der Waals surface area contributed by atoms with E-state index < -0.39 is 11.6 Å². The van der Waals surface area contributed by atoms with Crippen LogP contribution < -0.4 is 5.32 Å². The van der Waals surface area contributed by atoms with Gasteiger partial charge in [-0.2, -0.15) is 0 Å². The standard InChI is InChI=1S/C16H19F2NS/c1-10(9-13-8-7-11(2)20-13)19-12(3)16-14(17)5-4-6-15(16)18/h4-8,10,12,19H,9H2,1-3H3. The summed E-state index contributed by atoms with van der Waals surface area (Å²) < 4.78 is 27.4. The SMILES string of the molecule is Cc1ccc(CC(C)NC(C)c2c(F)cccc2F)s1. The van der Waals surface area contributed by atoms with Gasteiger partial charge < -0.3 is 5.32 Å². The van der Waals surface area contributed by atoms with Crippen LogP contribution in [0.2, 0.25) is 0 Å². The Labute approximate surface area is 122 Å². The molecular weight excluding hydrogens is 276 g/mol. The molecule has 0 amide bonds. The molecule has 1 N–H and O–H groups in total. The van der Waals surface area contributed by atoms with E-state index in [0.717, 1.165) is 6.42 Å². The Morgan fingerprint density at radius 3 is 2.30 bits per heavy atom. The molecule has 4 heteroatoms. The van der Waals surface area contributed by atoms with Gasteiger partial charge in [0, 0.05) is 27.4 Å². The molecule has 2 rings (SSSR count). The average Bonchev–Trinajstić information content (AvgIpc) is 2.74. The first-order valence-corrected chi connectivity index (χ1v) is 7.54. The van der Waals surface area contributed by atoms with E-state index in [-0.39, 0.29) is 17.6 Å². The Balaban J connectivity index is 2.02. The Morgan fingerprint density at radius 1 is 1.10 bits per heavy atom. The lowest BCUT2D eigenvalue weighted by Crippen LogP contribution is -2.31. The van der Waals surface area contributed by atoms with E-state index in [2.05, 4.69) is 24.4 Å². The van der Waals surface area contributed by atoms with E-state index in [4.69, 9.17) is 0 Å². The van der Waals surface area contributed by atoms with Gasteiger partial charge in [0.25, 0.3) is 0 Å². The van der Waals surface area contributed by atoms with Crippen LogP contribution >= 0.6 is 11.3 Å². The van der Waals surface area contributed by atoms with Crippen LogP contribution in [0.3, 0.4) is 0 Å². The van der Waals surface area contributed by atoms with Crippen molar-refractivity contribution in [2.24, 2.45) is 0 Å². The maximum atomic E-state index is 13.7. The zero-order chi connectivity index (χ0) is 14.7. The number of rotatable bonds is 5. The molecule has 0 bridgehead atoms. The van der Waals surface area contributed by atoms with Crippen molar-refractivity contribution in [2.45, 2.75) is 39.3 Å². The largest absolute Gasteiger partial charge is 0.307 e. The molecule has 1 aromatic heterocycles. The van der Waals surface area contributed by atoms with Gasteiger partial charge in [-0.25, -0.2) is 8.78 Å². The van der Waals surface area contributed by atoms with Crippen LogP contribution in [-0.4, -0.2) is 6.04 Å². The summed E-state index contributed by atoms with van der Waals surface area (Å²) in [5.41, 5.74) is 0.113. The van der Waals surface area contributed by atoms with Crippen LogP contribution in [-0.2, 0) is 6.42 Å². The van der Waals surface area contributed by atoms with Crippen molar-refractivity contribution in [3.8, 4) is 0 Å². The second kappa shape index (κ2) is 6.46. The van der Waals surface area contributed by atoms with E-state index in [1.807, 2.05) is 6.92 Å². The van der Waals surface area contributed by atoms with Crippen molar-refractivity contribution in [1.29, 1.82) is 0 Å². The molecule has 1 heterocycles. The number of nitrogens with one attached hydrogen (secondary N) is 1.